The molecule has 0 radical (unpaired) electrons. The summed E-state index contributed by atoms with van der Waals surface area (Å²) in [5, 5.41) is 33.4. The predicted molar refractivity (Wildman–Crippen MR) is 222 cm³/mol. The van der Waals surface area contributed by atoms with Gasteiger partial charge in [0.05, 0.1) is 18.8 Å². The normalized spacial score (nSPS) is 13.7. The van der Waals surface area contributed by atoms with Gasteiger partial charge in [0, 0.05) is 6.42 Å². The summed E-state index contributed by atoms with van der Waals surface area (Å²) in [6.45, 7) is 4.15. The fourth-order valence-corrected chi connectivity index (χ4v) is 7.00. The summed E-state index contributed by atoms with van der Waals surface area (Å²) in [5.41, 5.74) is 0. The number of unbranched alkanes of at least 4 members (excludes halogenated alkanes) is 29. The molecule has 4 N–H and O–H groups in total. The maximum atomic E-state index is 12.4. The molecule has 0 aromatic rings. The van der Waals surface area contributed by atoms with Crippen LogP contribution in [0, 0.1) is 0 Å². The first kappa shape index (κ1) is 49.8. The van der Waals surface area contributed by atoms with Gasteiger partial charge < -0.3 is 20.6 Å². The van der Waals surface area contributed by atoms with Gasteiger partial charge in [-0.2, -0.15) is 0 Å². The number of aliphatic hydroxyl groups excluding tert-OH is 3. The molecule has 0 aliphatic rings. The Kier molecular flexibility index (Phi) is 40.6. The summed E-state index contributed by atoms with van der Waals surface area (Å²) < 4.78 is 0. The van der Waals surface area contributed by atoms with E-state index in [9.17, 15) is 20.1 Å². The molecule has 0 heterocycles. The van der Waals surface area contributed by atoms with E-state index in [1.807, 2.05) is 0 Å². The monoisotopic (exact) mass is 720 g/mol. The van der Waals surface area contributed by atoms with Gasteiger partial charge in [0.25, 0.3) is 0 Å². The Balaban J connectivity index is 3.58. The number of nitrogens with one attached hydrogen (secondary N) is 1. The third-order valence-corrected chi connectivity index (χ3v) is 10.5. The zero-order valence-electron chi connectivity index (χ0n) is 34.2. The number of carbonyl (C=O) groups excluding carboxylic acids is 1. The fraction of sp³-hybridized carbons (Fsp3) is 0.891. The zero-order chi connectivity index (χ0) is 37.3. The highest BCUT2D eigenvalue weighted by Crippen LogP contribution is 2.16. The third kappa shape index (κ3) is 37.0. The van der Waals surface area contributed by atoms with Crippen LogP contribution < -0.4 is 5.32 Å². The molecule has 0 aromatic carbocycles. The molecule has 302 valence electrons. The maximum Gasteiger partial charge on any atom is 0.220 e. The van der Waals surface area contributed by atoms with Crippen molar-refractivity contribution in [3.05, 3.63) is 24.3 Å². The molecule has 0 aromatic heterocycles. The van der Waals surface area contributed by atoms with Crippen molar-refractivity contribution in [2.45, 2.75) is 257 Å². The van der Waals surface area contributed by atoms with Crippen LogP contribution in [-0.2, 0) is 4.79 Å². The van der Waals surface area contributed by atoms with Crippen LogP contribution in [0.2, 0.25) is 0 Å². The highest BCUT2D eigenvalue weighted by Gasteiger charge is 2.26. The molecule has 0 saturated carbocycles. The van der Waals surface area contributed by atoms with Gasteiger partial charge in [-0.3, -0.25) is 4.79 Å². The SMILES string of the molecule is CCCCCC/C=C/CC/C=C/CCCC(O)C(O)C(CO)NC(=O)CCCCCCCCCCCCCCCCCCCCCCCCCC. The summed E-state index contributed by atoms with van der Waals surface area (Å²) in [7, 11) is 0. The number of carbonyl (C=O) groups is 1. The molecule has 1 amide bonds. The van der Waals surface area contributed by atoms with E-state index < -0.39 is 18.2 Å². The van der Waals surface area contributed by atoms with Gasteiger partial charge in [-0.25, -0.2) is 0 Å². The third-order valence-electron chi connectivity index (χ3n) is 10.5. The van der Waals surface area contributed by atoms with Crippen molar-refractivity contribution in [3.63, 3.8) is 0 Å². The Morgan fingerprint density at radius 2 is 0.804 bits per heavy atom. The lowest BCUT2D eigenvalue weighted by molar-refractivity contribution is -0.124. The van der Waals surface area contributed by atoms with Crippen molar-refractivity contribution in [2.24, 2.45) is 0 Å². The van der Waals surface area contributed by atoms with Crippen molar-refractivity contribution in [2.75, 3.05) is 6.61 Å². The first-order valence-corrected chi connectivity index (χ1v) is 22.6. The van der Waals surface area contributed by atoms with Gasteiger partial charge in [-0.1, -0.05) is 205 Å². The van der Waals surface area contributed by atoms with E-state index in [0.29, 0.717) is 12.8 Å². The van der Waals surface area contributed by atoms with Crippen molar-refractivity contribution >= 4 is 5.91 Å². The largest absolute Gasteiger partial charge is 0.394 e. The van der Waals surface area contributed by atoms with Gasteiger partial charge >= 0.3 is 0 Å². The smallest absolute Gasteiger partial charge is 0.220 e. The van der Waals surface area contributed by atoms with Gasteiger partial charge in [0.15, 0.2) is 0 Å². The molecule has 0 aliphatic heterocycles. The summed E-state index contributed by atoms with van der Waals surface area (Å²) in [4.78, 5) is 12.4. The van der Waals surface area contributed by atoms with Crippen LogP contribution in [0.4, 0.5) is 0 Å². The second-order valence-electron chi connectivity index (χ2n) is 15.6. The van der Waals surface area contributed by atoms with E-state index in [2.05, 4.69) is 43.5 Å². The lowest BCUT2D eigenvalue weighted by atomic mass is 10.0. The first-order valence-electron chi connectivity index (χ1n) is 22.6. The molecular weight excluding hydrogens is 631 g/mol. The highest BCUT2D eigenvalue weighted by atomic mass is 16.3. The Labute approximate surface area is 318 Å². The molecule has 0 rings (SSSR count). The van der Waals surface area contributed by atoms with E-state index in [4.69, 9.17) is 0 Å². The van der Waals surface area contributed by atoms with Crippen molar-refractivity contribution in [1.29, 1.82) is 0 Å². The average molecular weight is 720 g/mol. The Hall–Kier alpha value is -1.17. The van der Waals surface area contributed by atoms with E-state index in [1.54, 1.807) is 0 Å². The second-order valence-corrected chi connectivity index (χ2v) is 15.6. The van der Waals surface area contributed by atoms with E-state index >= 15 is 0 Å². The molecule has 3 atom stereocenters. The quantitative estimate of drug-likeness (QED) is 0.0374. The Bertz CT molecular complexity index is 754. The lowest BCUT2D eigenvalue weighted by Crippen LogP contribution is -2.50. The van der Waals surface area contributed by atoms with E-state index in [1.165, 1.54) is 167 Å². The molecule has 0 saturated heterocycles. The van der Waals surface area contributed by atoms with Crippen LogP contribution >= 0.6 is 0 Å². The Morgan fingerprint density at radius 1 is 0.471 bits per heavy atom. The lowest BCUT2D eigenvalue weighted by Gasteiger charge is -2.26. The Morgan fingerprint density at radius 3 is 1.20 bits per heavy atom. The van der Waals surface area contributed by atoms with Crippen LogP contribution in [0.1, 0.15) is 239 Å². The minimum absolute atomic E-state index is 0.156. The summed E-state index contributed by atoms with van der Waals surface area (Å²) >= 11 is 0. The molecule has 0 spiro atoms. The van der Waals surface area contributed by atoms with Crippen molar-refractivity contribution < 1.29 is 20.1 Å². The molecule has 5 nitrogen and oxygen atoms in total. The number of aliphatic hydroxyl groups is 3. The molecule has 3 unspecified atom stereocenters. The molecular formula is C46H89NO4. The summed E-state index contributed by atoms with van der Waals surface area (Å²) in [5.74, 6) is -0.156. The molecule has 0 fully saturated rings. The number of hydrogen-bond acceptors (Lipinski definition) is 4. The highest BCUT2D eigenvalue weighted by molar-refractivity contribution is 5.76. The molecule has 5 heteroatoms. The van der Waals surface area contributed by atoms with Crippen LogP contribution in [0.5, 0.6) is 0 Å². The minimum Gasteiger partial charge on any atom is -0.394 e. The summed E-state index contributed by atoms with van der Waals surface area (Å²) in [6.07, 6.45) is 50.1. The van der Waals surface area contributed by atoms with Crippen LogP contribution in [0.15, 0.2) is 24.3 Å². The topological polar surface area (TPSA) is 89.8 Å². The number of amides is 1. The van der Waals surface area contributed by atoms with Gasteiger partial charge in [0.2, 0.25) is 5.91 Å². The number of allylic oxidation sites excluding steroid dienone is 4. The molecule has 0 bridgehead atoms. The van der Waals surface area contributed by atoms with Gasteiger partial charge in [-0.15, -0.1) is 0 Å². The van der Waals surface area contributed by atoms with Crippen LogP contribution in [0.25, 0.3) is 0 Å². The van der Waals surface area contributed by atoms with Gasteiger partial charge in [-0.05, 0) is 51.4 Å². The van der Waals surface area contributed by atoms with E-state index in [-0.39, 0.29) is 12.5 Å². The van der Waals surface area contributed by atoms with Crippen molar-refractivity contribution in [3.8, 4) is 0 Å². The first-order chi connectivity index (χ1) is 25.1. The standard InChI is InChI=1S/C46H89NO4/c1-3-5-7-9-11-13-15-17-18-19-20-21-22-23-24-25-26-27-29-31-33-35-37-39-41-45(50)47-43(42-48)46(51)44(49)40-38-36-34-32-30-28-16-14-12-10-8-6-4-2/h14,16,32,34,43-44,46,48-49,51H,3-13,15,17-31,33,35-42H2,1-2H3,(H,47,50)/b16-14+,34-32+. The minimum atomic E-state index is -1.16. The number of hydrogen-bond donors (Lipinski definition) is 4. The second kappa shape index (κ2) is 41.6. The van der Waals surface area contributed by atoms with E-state index in [0.717, 1.165) is 44.9 Å². The summed E-state index contributed by atoms with van der Waals surface area (Å²) in [6, 6.07) is -0.828. The fourth-order valence-electron chi connectivity index (χ4n) is 7.00. The van der Waals surface area contributed by atoms with Crippen molar-refractivity contribution in [1.82, 2.24) is 5.32 Å². The zero-order valence-corrected chi connectivity index (χ0v) is 34.2. The maximum absolute atomic E-state index is 12.4. The molecule has 0 aliphatic carbocycles. The molecule has 51 heavy (non-hydrogen) atoms. The average Bonchev–Trinajstić information content (AvgIpc) is 3.13. The predicted octanol–water partition coefficient (Wildman–Crippen LogP) is 13.0. The number of rotatable bonds is 41. The van der Waals surface area contributed by atoms with Gasteiger partial charge in [0.1, 0.15) is 6.10 Å². The van der Waals surface area contributed by atoms with Crippen LogP contribution in [-0.4, -0.2) is 46.1 Å². The van der Waals surface area contributed by atoms with Crippen LogP contribution in [0.3, 0.4) is 0 Å².